The van der Waals surface area contributed by atoms with E-state index >= 15 is 0 Å². The van der Waals surface area contributed by atoms with Crippen LogP contribution in [0.4, 0.5) is 0 Å². The van der Waals surface area contributed by atoms with Crippen molar-refractivity contribution >= 4 is 0 Å². The van der Waals surface area contributed by atoms with Gasteiger partial charge in [0.25, 0.3) is 0 Å². The lowest BCUT2D eigenvalue weighted by Crippen LogP contribution is -2.39. The van der Waals surface area contributed by atoms with Crippen LogP contribution in [0.2, 0.25) is 0 Å². The van der Waals surface area contributed by atoms with Crippen LogP contribution >= 0.6 is 0 Å². The Balaban J connectivity index is 2.22. The van der Waals surface area contributed by atoms with Crippen molar-refractivity contribution in [1.29, 1.82) is 0 Å². The summed E-state index contributed by atoms with van der Waals surface area (Å²) >= 11 is 0. The summed E-state index contributed by atoms with van der Waals surface area (Å²) in [6, 6.07) is 0. The van der Waals surface area contributed by atoms with E-state index in [0.29, 0.717) is 6.17 Å². The Hall–Kier alpha value is -0.660. The van der Waals surface area contributed by atoms with Gasteiger partial charge < -0.3 is 9.80 Å². The van der Waals surface area contributed by atoms with Crippen LogP contribution in [0.15, 0.2) is 12.4 Å². The lowest BCUT2D eigenvalue weighted by molar-refractivity contribution is 0.137. The van der Waals surface area contributed by atoms with E-state index in [2.05, 4.69) is 43.0 Å². The summed E-state index contributed by atoms with van der Waals surface area (Å²) in [5.41, 5.74) is 0. The van der Waals surface area contributed by atoms with Crippen LogP contribution in [0, 0.1) is 0 Å². The molecule has 0 aliphatic carbocycles. The molecule has 1 atom stereocenters. The van der Waals surface area contributed by atoms with E-state index in [1.165, 1.54) is 103 Å². The van der Waals surface area contributed by atoms with Gasteiger partial charge in [-0.2, -0.15) is 0 Å². The third kappa shape index (κ3) is 8.99. The smallest absolute Gasteiger partial charge is 0.101 e. The first-order valence-electron chi connectivity index (χ1n) is 11.0. The number of rotatable bonds is 16. The Kier molecular flexibility index (Phi) is 13.1. The minimum absolute atomic E-state index is 0.645. The topological polar surface area (TPSA) is 6.48 Å². The van der Waals surface area contributed by atoms with Gasteiger partial charge in [-0.25, -0.2) is 0 Å². The fourth-order valence-corrected chi connectivity index (χ4v) is 3.78. The van der Waals surface area contributed by atoms with E-state index in [1.807, 2.05) is 0 Å². The molecule has 1 unspecified atom stereocenters. The second kappa shape index (κ2) is 14.7. The summed E-state index contributed by atoms with van der Waals surface area (Å²) < 4.78 is 0. The summed E-state index contributed by atoms with van der Waals surface area (Å²) in [6.07, 6.45) is 24.8. The van der Waals surface area contributed by atoms with Crippen LogP contribution in [-0.2, 0) is 0 Å². The molecule has 0 radical (unpaired) electrons. The molecule has 0 aromatic carbocycles. The van der Waals surface area contributed by atoms with Crippen LogP contribution in [0.5, 0.6) is 0 Å². The van der Waals surface area contributed by atoms with Gasteiger partial charge in [-0.15, -0.1) is 0 Å². The normalized spacial score (nSPS) is 17.2. The van der Waals surface area contributed by atoms with Crippen molar-refractivity contribution in [3.63, 3.8) is 0 Å². The predicted octanol–water partition coefficient (Wildman–Crippen LogP) is 6.92. The molecule has 0 N–H and O–H groups in total. The molecule has 0 amide bonds. The van der Waals surface area contributed by atoms with Crippen molar-refractivity contribution in [1.82, 2.24) is 9.80 Å². The molecule has 0 spiro atoms. The van der Waals surface area contributed by atoms with E-state index in [0.717, 1.165) is 0 Å². The Labute approximate surface area is 152 Å². The van der Waals surface area contributed by atoms with Crippen LogP contribution in [0.1, 0.15) is 111 Å². The Bertz CT molecular complexity index is 300. The van der Waals surface area contributed by atoms with Gasteiger partial charge in [-0.1, -0.05) is 85.0 Å². The highest BCUT2D eigenvalue weighted by Crippen LogP contribution is 2.23. The molecule has 24 heavy (non-hydrogen) atoms. The van der Waals surface area contributed by atoms with Gasteiger partial charge in [0.05, 0.1) is 0 Å². The average molecular weight is 337 g/mol. The monoisotopic (exact) mass is 336 g/mol. The van der Waals surface area contributed by atoms with Gasteiger partial charge in [0.15, 0.2) is 0 Å². The van der Waals surface area contributed by atoms with E-state index in [1.54, 1.807) is 0 Å². The van der Waals surface area contributed by atoms with Crippen molar-refractivity contribution < 1.29 is 0 Å². The fraction of sp³-hybridized carbons (Fsp3) is 0.909. The predicted molar refractivity (Wildman–Crippen MR) is 108 cm³/mol. The summed E-state index contributed by atoms with van der Waals surface area (Å²) in [7, 11) is 0. The molecule has 0 fully saturated rings. The minimum atomic E-state index is 0.645. The molecule has 0 aromatic rings. The highest BCUT2D eigenvalue weighted by atomic mass is 15.4. The molecule has 0 saturated heterocycles. The molecule has 0 bridgehead atoms. The quantitative estimate of drug-likeness (QED) is 0.282. The number of hydrogen-bond acceptors (Lipinski definition) is 2. The molecule has 1 rings (SSSR count). The van der Waals surface area contributed by atoms with Crippen molar-refractivity contribution in [2.24, 2.45) is 0 Å². The van der Waals surface area contributed by atoms with E-state index in [-0.39, 0.29) is 0 Å². The first kappa shape index (κ1) is 21.4. The Morgan fingerprint density at radius 3 is 1.62 bits per heavy atom. The molecule has 142 valence electrons. The fourth-order valence-electron chi connectivity index (χ4n) is 3.78. The molecule has 1 aliphatic heterocycles. The lowest BCUT2D eigenvalue weighted by atomic mass is 10.1. The number of nitrogens with zero attached hydrogens (tertiary/aromatic N) is 2. The SMILES string of the molecule is CCCCCCCCCN1C=CN(CCC)C1CCCCCCC. The van der Waals surface area contributed by atoms with Crippen LogP contribution < -0.4 is 0 Å². The molecule has 2 heteroatoms. The summed E-state index contributed by atoms with van der Waals surface area (Å²) in [5.74, 6) is 0. The highest BCUT2D eigenvalue weighted by molar-refractivity contribution is 4.96. The van der Waals surface area contributed by atoms with Crippen LogP contribution in [-0.4, -0.2) is 29.1 Å². The zero-order valence-corrected chi connectivity index (χ0v) is 16.9. The highest BCUT2D eigenvalue weighted by Gasteiger charge is 2.24. The van der Waals surface area contributed by atoms with E-state index < -0.39 is 0 Å². The van der Waals surface area contributed by atoms with Crippen molar-refractivity contribution in [3.05, 3.63) is 12.4 Å². The number of unbranched alkanes of at least 4 members (excludes halogenated alkanes) is 10. The third-order valence-corrected chi connectivity index (χ3v) is 5.28. The lowest BCUT2D eigenvalue weighted by Gasteiger charge is -2.33. The maximum atomic E-state index is 2.63. The maximum Gasteiger partial charge on any atom is 0.101 e. The second-order valence-electron chi connectivity index (χ2n) is 7.58. The standard InChI is InChI=1S/C22H44N2/c1-4-7-9-11-12-14-16-19-24-21-20-23(18-6-3)22(24)17-15-13-10-8-5-2/h20-22H,4-19H2,1-3H3. The largest absolute Gasteiger partial charge is 0.356 e. The third-order valence-electron chi connectivity index (χ3n) is 5.28. The van der Waals surface area contributed by atoms with E-state index in [9.17, 15) is 0 Å². The molecular weight excluding hydrogens is 292 g/mol. The maximum absolute atomic E-state index is 2.63. The first-order valence-corrected chi connectivity index (χ1v) is 11.0. The minimum Gasteiger partial charge on any atom is -0.356 e. The number of hydrogen-bond donors (Lipinski definition) is 0. The van der Waals surface area contributed by atoms with Gasteiger partial charge in [-0.3, -0.25) is 0 Å². The molecule has 1 heterocycles. The van der Waals surface area contributed by atoms with Crippen LogP contribution in [0.25, 0.3) is 0 Å². The first-order chi connectivity index (χ1) is 11.8. The molecular formula is C22H44N2. The van der Waals surface area contributed by atoms with Crippen LogP contribution in [0.3, 0.4) is 0 Å². The average Bonchev–Trinajstić information content (AvgIpc) is 2.96. The Morgan fingerprint density at radius 2 is 1.04 bits per heavy atom. The van der Waals surface area contributed by atoms with Gasteiger partial charge in [0.2, 0.25) is 0 Å². The van der Waals surface area contributed by atoms with Gasteiger partial charge in [0.1, 0.15) is 6.17 Å². The molecule has 0 saturated carbocycles. The Morgan fingerprint density at radius 1 is 0.542 bits per heavy atom. The molecule has 1 aliphatic rings. The van der Waals surface area contributed by atoms with E-state index in [4.69, 9.17) is 0 Å². The zero-order chi connectivity index (χ0) is 17.5. The summed E-state index contributed by atoms with van der Waals surface area (Å²) in [4.78, 5) is 5.21. The van der Waals surface area contributed by atoms with Gasteiger partial charge in [0, 0.05) is 25.5 Å². The van der Waals surface area contributed by atoms with Crippen molar-refractivity contribution in [3.8, 4) is 0 Å². The van der Waals surface area contributed by atoms with Gasteiger partial charge >= 0.3 is 0 Å². The summed E-state index contributed by atoms with van der Waals surface area (Å²) in [6.45, 7) is 9.36. The molecule has 2 nitrogen and oxygen atoms in total. The van der Waals surface area contributed by atoms with Crippen molar-refractivity contribution in [2.45, 2.75) is 117 Å². The van der Waals surface area contributed by atoms with Gasteiger partial charge in [-0.05, 0) is 25.7 Å². The van der Waals surface area contributed by atoms with Crippen molar-refractivity contribution in [2.75, 3.05) is 13.1 Å². The second-order valence-corrected chi connectivity index (χ2v) is 7.58. The molecule has 0 aromatic heterocycles. The summed E-state index contributed by atoms with van der Waals surface area (Å²) in [5, 5.41) is 0. The zero-order valence-electron chi connectivity index (χ0n) is 16.9.